The fraction of sp³-hybridized carbons (Fsp3) is 0.667. The van der Waals surface area contributed by atoms with Crippen LogP contribution >= 0.6 is 22.8 Å². The van der Waals surface area contributed by atoms with Crippen molar-refractivity contribution in [3.8, 4) is 0 Å². The number of aliphatic hydroxyl groups excluding tert-OH is 1. The van der Waals surface area contributed by atoms with E-state index in [0.29, 0.717) is 0 Å². The Bertz CT molecular complexity index is 1130. The summed E-state index contributed by atoms with van der Waals surface area (Å²) in [4.78, 5) is 36.6. The van der Waals surface area contributed by atoms with Crippen molar-refractivity contribution in [3.05, 3.63) is 32.6 Å². The highest BCUT2D eigenvalue weighted by Gasteiger charge is 2.40. The van der Waals surface area contributed by atoms with E-state index >= 15 is 0 Å². The minimum atomic E-state index is -4.26. The zero-order chi connectivity index (χ0) is 24.5. The number of nitrogens with zero attached hydrogens (tertiary/aromatic N) is 1. The average Bonchev–Trinajstić information content (AvgIpc) is 2.93. The molecule has 0 aromatic carbocycles. The van der Waals surface area contributed by atoms with E-state index in [1.165, 1.54) is 13.1 Å². The second-order valence-corrected chi connectivity index (χ2v) is 13.6. The molecule has 6 unspecified atom stereocenters. The molecule has 0 bridgehead atoms. The van der Waals surface area contributed by atoms with Crippen molar-refractivity contribution >= 4 is 28.8 Å². The third-order valence-electron chi connectivity index (χ3n) is 4.02. The van der Waals surface area contributed by atoms with Crippen molar-refractivity contribution < 1.29 is 46.0 Å². The van der Waals surface area contributed by atoms with Gasteiger partial charge in [0.1, 0.15) is 12.3 Å². The van der Waals surface area contributed by atoms with Crippen LogP contribution in [0.5, 0.6) is 0 Å². The van der Waals surface area contributed by atoms with Gasteiger partial charge in [-0.3, -0.25) is 28.3 Å². The molecule has 14 nitrogen and oxygen atoms in total. The van der Waals surface area contributed by atoms with Gasteiger partial charge in [0.2, 0.25) is 0 Å². The van der Waals surface area contributed by atoms with Gasteiger partial charge in [-0.05, 0) is 6.92 Å². The molecule has 0 amide bonds. The zero-order valence-electron chi connectivity index (χ0n) is 18.0. The number of ether oxygens (including phenoxy) is 1. The van der Waals surface area contributed by atoms with Gasteiger partial charge in [0, 0.05) is 38.4 Å². The highest BCUT2D eigenvalue weighted by atomic mass is 31.3. The first-order valence-electron chi connectivity index (χ1n) is 9.16. The Morgan fingerprint density at radius 1 is 1.19 bits per heavy atom. The van der Waals surface area contributed by atoms with Gasteiger partial charge in [-0.15, -0.1) is 0 Å². The second-order valence-electron chi connectivity index (χ2n) is 7.27. The van der Waals surface area contributed by atoms with Gasteiger partial charge in [-0.2, -0.15) is 0 Å². The lowest BCUT2D eigenvalue weighted by molar-refractivity contribution is -0.132. The normalized spacial score (nSPS) is 26.6. The monoisotopic (exact) mass is 518 g/mol. The van der Waals surface area contributed by atoms with Crippen molar-refractivity contribution in [2.45, 2.75) is 38.7 Å². The third kappa shape index (κ3) is 7.60. The van der Waals surface area contributed by atoms with Gasteiger partial charge in [0.25, 0.3) is 5.56 Å². The molecule has 0 radical (unpaired) electrons. The van der Waals surface area contributed by atoms with E-state index in [4.69, 9.17) is 17.9 Å². The van der Waals surface area contributed by atoms with Crippen LogP contribution < -0.4 is 11.2 Å². The van der Waals surface area contributed by atoms with Crippen LogP contribution in [0.1, 0.15) is 25.1 Å². The summed E-state index contributed by atoms with van der Waals surface area (Å²) in [6.45, 7) is 4.71. The summed E-state index contributed by atoms with van der Waals surface area (Å²) in [6, 6.07) is 0. The predicted octanol–water partition coefficient (Wildman–Crippen LogP) is 1.58. The van der Waals surface area contributed by atoms with Gasteiger partial charge in [0.05, 0.1) is 19.4 Å². The standard InChI is InChI=1S/C15H25N2O12P3/c1-9-7-17(15(21)16-14(9)20)13-6-11(19)12(26-13)8-25-30(3,22)28-32(5,24)29-31(4,23)27-10(2)18/h7,11-13,19H,6,8H2,1-5H3,(H,16,20,21). The Kier molecular flexibility index (Phi) is 8.29. The number of aromatic nitrogens is 2. The number of aryl methyl sites for hydroxylation is 1. The van der Waals surface area contributed by atoms with E-state index in [2.05, 4.69) is 9.51 Å². The highest BCUT2D eigenvalue weighted by molar-refractivity contribution is 7.72. The Hall–Kier alpha value is -1.36. The maximum Gasteiger partial charge on any atom is 0.385 e. The molecule has 32 heavy (non-hydrogen) atoms. The average molecular weight is 518 g/mol. The number of nitrogens with one attached hydrogen (secondary N) is 1. The topological polar surface area (TPSA) is 190 Å². The maximum absolute atomic E-state index is 12.6. The maximum atomic E-state index is 12.6. The number of carbonyl (C=O) groups is 1. The quantitative estimate of drug-likeness (QED) is 0.450. The Morgan fingerprint density at radius 2 is 1.78 bits per heavy atom. The van der Waals surface area contributed by atoms with Gasteiger partial charge in [-0.1, -0.05) is 0 Å². The fourth-order valence-electron chi connectivity index (χ4n) is 2.87. The van der Waals surface area contributed by atoms with Gasteiger partial charge in [-0.25, -0.2) is 18.0 Å². The third-order valence-corrected chi connectivity index (χ3v) is 9.97. The lowest BCUT2D eigenvalue weighted by atomic mass is 10.2. The summed E-state index contributed by atoms with van der Waals surface area (Å²) in [6.07, 6.45) is -1.82. The van der Waals surface area contributed by atoms with Crippen LogP contribution in [0.2, 0.25) is 0 Å². The molecule has 182 valence electrons. The minimum absolute atomic E-state index is 0.0227. The number of carbonyl (C=O) groups excluding carboxylic acids is 1. The molecule has 0 spiro atoms. The first kappa shape index (κ1) is 26.9. The van der Waals surface area contributed by atoms with E-state index in [1.54, 1.807) is 0 Å². The number of rotatable bonds is 9. The summed E-state index contributed by atoms with van der Waals surface area (Å²) >= 11 is 0. The number of aliphatic hydroxyl groups is 1. The van der Waals surface area contributed by atoms with E-state index in [0.717, 1.165) is 31.5 Å². The van der Waals surface area contributed by atoms with Crippen molar-refractivity contribution in [1.29, 1.82) is 0 Å². The Labute approximate surface area is 182 Å². The molecule has 1 aromatic rings. The van der Waals surface area contributed by atoms with E-state index in [-0.39, 0.29) is 12.0 Å². The van der Waals surface area contributed by atoms with Crippen molar-refractivity contribution in [2.24, 2.45) is 0 Å². The molecule has 6 atom stereocenters. The van der Waals surface area contributed by atoms with Crippen molar-refractivity contribution in [3.63, 3.8) is 0 Å². The van der Waals surface area contributed by atoms with Crippen LogP contribution in [0, 0.1) is 6.92 Å². The lowest BCUT2D eigenvalue weighted by Gasteiger charge is -2.23. The molecule has 1 aliphatic heterocycles. The molecule has 0 saturated carbocycles. The van der Waals surface area contributed by atoms with Gasteiger partial charge >= 0.3 is 34.4 Å². The largest absolute Gasteiger partial charge is 0.392 e. The second kappa shape index (κ2) is 9.87. The highest BCUT2D eigenvalue weighted by Crippen LogP contribution is 2.68. The van der Waals surface area contributed by atoms with E-state index in [1.807, 2.05) is 0 Å². The Balaban J connectivity index is 2.01. The zero-order valence-corrected chi connectivity index (χ0v) is 20.6. The van der Waals surface area contributed by atoms with Crippen LogP contribution in [0.25, 0.3) is 0 Å². The SMILES string of the molecule is CC(=O)OP(C)(=O)OP(C)(=O)OP(C)(=O)OCC1OC(n2cc(C)c(=O)[nH]c2=O)CC1O. The molecule has 2 rings (SSSR count). The van der Waals surface area contributed by atoms with Gasteiger partial charge in [0.15, 0.2) is 0 Å². The first-order valence-corrected chi connectivity index (χ1v) is 15.1. The number of hydrogen-bond donors (Lipinski definition) is 2. The summed E-state index contributed by atoms with van der Waals surface area (Å²) < 4.78 is 62.8. The lowest BCUT2D eigenvalue weighted by Crippen LogP contribution is -2.33. The molecule has 1 saturated heterocycles. The molecule has 1 fully saturated rings. The first-order chi connectivity index (χ1) is 14.5. The molecule has 2 N–H and O–H groups in total. The van der Waals surface area contributed by atoms with Crippen LogP contribution in [-0.2, 0) is 40.9 Å². The summed E-state index contributed by atoms with van der Waals surface area (Å²) in [5.74, 6) is -0.939. The van der Waals surface area contributed by atoms with E-state index in [9.17, 15) is 33.2 Å². The summed E-state index contributed by atoms with van der Waals surface area (Å²) in [5, 5.41) is 10.2. The number of aromatic amines is 1. The number of hydrogen-bond acceptors (Lipinski definition) is 12. The van der Waals surface area contributed by atoms with E-state index < -0.39 is 65.0 Å². The minimum Gasteiger partial charge on any atom is -0.392 e. The summed E-state index contributed by atoms with van der Waals surface area (Å²) in [5.41, 5.74) is -1.02. The molecule has 0 aliphatic carbocycles. The molecule has 1 aliphatic rings. The molecule has 2 heterocycles. The van der Waals surface area contributed by atoms with Crippen LogP contribution in [0.3, 0.4) is 0 Å². The smallest absolute Gasteiger partial charge is 0.385 e. The molecular formula is C15H25N2O12P3. The van der Waals surface area contributed by atoms with Crippen LogP contribution in [0.4, 0.5) is 0 Å². The van der Waals surface area contributed by atoms with Crippen LogP contribution in [-0.4, -0.2) is 59.4 Å². The Morgan fingerprint density at radius 3 is 2.38 bits per heavy atom. The molecule has 1 aromatic heterocycles. The van der Waals surface area contributed by atoms with Crippen molar-refractivity contribution in [1.82, 2.24) is 9.55 Å². The van der Waals surface area contributed by atoms with Crippen LogP contribution in [0.15, 0.2) is 15.8 Å². The van der Waals surface area contributed by atoms with Gasteiger partial charge < -0.3 is 18.9 Å². The molecule has 17 heteroatoms. The summed E-state index contributed by atoms with van der Waals surface area (Å²) in [7, 11) is -12.4. The number of H-pyrrole nitrogens is 1. The molecular weight excluding hydrogens is 493 g/mol. The fourth-order valence-corrected chi connectivity index (χ4v) is 8.78. The van der Waals surface area contributed by atoms with Crippen molar-refractivity contribution in [2.75, 3.05) is 26.6 Å². The predicted molar refractivity (Wildman–Crippen MR) is 111 cm³/mol.